The number of hydrogen-bond donors (Lipinski definition) is 2. The molecule has 2 nitrogen and oxygen atoms in total. The molecule has 2 aromatic carbocycles. The normalized spacial score (nSPS) is 20.0. The Morgan fingerprint density at radius 2 is 2.00 bits per heavy atom. The van der Waals surface area contributed by atoms with E-state index in [0.29, 0.717) is 11.8 Å². The molecule has 2 unspecified atom stereocenters. The Morgan fingerprint density at radius 1 is 1.13 bits per heavy atom. The number of aromatic amines is 1. The van der Waals surface area contributed by atoms with Crippen molar-refractivity contribution in [2.24, 2.45) is 5.92 Å². The smallest absolute Gasteiger partial charge is 0.123 e. The quantitative estimate of drug-likeness (QED) is 0.655. The summed E-state index contributed by atoms with van der Waals surface area (Å²) in [6, 6.07) is 15.5. The van der Waals surface area contributed by atoms with Crippen molar-refractivity contribution in [1.82, 2.24) is 10.3 Å². The summed E-state index contributed by atoms with van der Waals surface area (Å²) in [6.07, 6.45) is 4.32. The van der Waals surface area contributed by atoms with Crippen molar-refractivity contribution < 1.29 is 4.39 Å². The van der Waals surface area contributed by atoms with Crippen molar-refractivity contribution in [3.05, 3.63) is 71.7 Å². The Kier molecular flexibility index (Phi) is 3.88. The van der Waals surface area contributed by atoms with Gasteiger partial charge in [0.1, 0.15) is 5.82 Å². The van der Waals surface area contributed by atoms with E-state index in [1.165, 1.54) is 23.6 Å². The van der Waals surface area contributed by atoms with Crippen LogP contribution in [0.15, 0.2) is 54.7 Å². The first kappa shape index (κ1) is 14.5. The van der Waals surface area contributed by atoms with Crippen LogP contribution in [0.3, 0.4) is 0 Å². The highest BCUT2D eigenvalue weighted by Crippen LogP contribution is 2.49. The number of aromatic nitrogens is 1. The molecular formula is C20H21FN2. The zero-order chi connectivity index (χ0) is 15.6. The fourth-order valence-electron chi connectivity index (χ4n) is 3.44. The lowest BCUT2D eigenvalue weighted by Crippen LogP contribution is -2.20. The van der Waals surface area contributed by atoms with E-state index in [9.17, 15) is 4.39 Å². The Hall–Kier alpha value is -2.13. The lowest BCUT2D eigenvalue weighted by molar-refractivity contribution is 0.626. The standard InChI is InChI=1S/C20H21FN2/c21-16-6-7-20-18(11-16)19(13-23-20)17-10-15(17)12-22-9-8-14-4-2-1-3-5-14/h1-7,11,13,15,17,22-23H,8-10,12H2. The molecule has 1 saturated carbocycles. The molecule has 2 atom stereocenters. The van der Waals surface area contributed by atoms with E-state index in [2.05, 4.69) is 46.8 Å². The van der Waals surface area contributed by atoms with E-state index in [-0.39, 0.29) is 5.82 Å². The molecule has 3 aromatic rings. The third kappa shape index (κ3) is 3.15. The summed E-state index contributed by atoms with van der Waals surface area (Å²) in [7, 11) is 0. The van der Waals surface area contributed by atoms with E-state index in [1.54, 1.807) is 6.07 Å². The van der Waals surface area contributed by atoms with Crippen LogP contribution >= 0.6 is 0 Å². The topological polar surface area (TPSA) is 27.8 Å². The monoisotopic (exact) mass is 308 g/mol. The summed E-state index contributed by atoms with van der Waals surface area (Å²) in [6.45, 7) is 2.05. The predicted molar refractivity (Wildman–Crippen MR) is 92.1 cm³/mol. The zero-order valence-electron chi connectivity index (χ0n) is 13.1. The van der Waals surface area contributed by atoms with Crippen LogP contribution < -0.4 is 5.32 Å². The first-order valence-electron chi connectivity index (χ1n) is 8.32. The highest BCUT2D eigenvalue weighted by atomic mass is 19.1. The maximum atomic E-state index is 13.5. The summed E-state index contributed by atoms with van der Waals surface area (Å²) in [5, 5.41) is 4.61. The van der Waals surface area contributed by atoms with Gasteiger partial charge in [-0.3, -0.25) is 0 Å². The minimum absolute atomic E-state index is 0.156. The summed E-state index contributed by atoms with van der Waals surface area (Å²) in [4.78, 5) is 3.26. The van der Waals surface area contributed by atoms with Gasteiger partial charge >= 0.3 is 0 Å². The van der Waals surface area contributed by atoms with Gasteiger partial charge < -0.3 is 10.3 Å². The van der Waals surface area contributed by atoms with E-state index < -0.39 is 0 Å². The van der Waals surface area contributed by atoms with Gasteiger partial charge in [-0.05, 0) is 67.1 Å². The molecule has 0 aliphatic heterocycles. The second-order valence-electron chi connectivity index (χ2n) is 6.48. The van der Waals surface area contributed by atoms with Gasteiger partial charge in [-0.15, -0.1) is 0 Å². The van der Waals surface area contributed by atoms with Crippen LogP contribution in [0.4, 0.5) is 4.39 Å². The number of fused-ring (bicyclic) bond motifs is 1. The van der Waals surface area contributed by atoms with E-state index in [4.69, 9.17) is 0 Å². The van der Waals surface area contributed by atoms with Crippen LogP contribution in [0.25, 0.3) is 10.9 Å². The van der Waals surface area contributed by atoms with Crippen LogP contribution in [-0.4, -0.2) is 18.1 Å². The highest BCUT2D eigenvalue weighted by molar-refractivity contribution is 5.84. The fraction of sp³-hybridized carbons (Fsp3) is 0.300. The third-order valence-electron chi connectivity index (χ3n) is 4.84. The Morgan fingerprint density at radius 3 is 2.87 bits per heavy atom. The van der Waals surface area contributed by atoms with Gasteiger partial charge in [-0.2, -0.15) is 0 Å². The van der Waals surface area contributed by atoms with Crippen molar-refractivity contribution in [1.29, 1.82) is 0 Å². The average Bonchev–Trinajstić information content (AvgIpc) is 3.22. The number of benzene rings is 2. The molecule has 0 amide bonds. The second kappa shape index (κ2) is 6.17. The summed E-state index contributed by atoms with van der Waals surface area (Å²) in [5.41, 5.74) is 3.68. The lowest BCUT2D eigenvalue weighted by atomic mass is 10.1. The molecule has 1 aromatic heterocycles. The molecule has 1 aliphatic carbocycles. The van der Waals surface area contributed by atoms with Crippen molar-refractivity contribution in [2.45, 2.75) is 18.8 Å². The number of halogens is 1. The number of nitrogens with one attached hydrogen (secondary N) is 2. The Bertz CT molecular complexity index is 794. The van der Waals surface area contributed by atoms with Crippen molar-refractivity contribution in [2.75, 3.05) is 13.1 Å². The average molecular weight is 308 g/mol. The third-order valence-corrected chi connectivity index (χ3v) is 4.84. The van der Waals surface area contributed by atoms with Crippen molar-refractivity contribution in [3.63, 3.8) is 0 Å². The van der Waals surface area contributed by atoms with Gasteiger partial charge in [0, 0.05) is 17.1 Å². The molecule has 1 aliphatic rings. The molecule has 1 fully saturated rings. The fourth-order valence-corrected chi connectivity index (χ4v) is 3.44. The number of hydrogen-bond acceptors (Lipinski definition) is 1. The Labute approximate surface area is 135 Å². The minimum Gasteiger partial charge on any atom is -0.361 e. The molecule has 0 radical (unpaired) electrons. The van der Waals surface area contributed by atoms with Crippen LogP contribution in [-0.2, 0) is 6.42 Å². The number of H-pyrrole nitrogens is 1. The first-order valence-corrected chi connectivity index (χ1v) is 8.32. The van der Waals surface area contributed by atoms with Gasteiger partial charge in [0.25, 0.3) is 0 Å². The summed E-state index contributed by atoms with van der Waals surface area (Å²) < 4.78 is 13.5. The first-order chi connectivity index (χ1) is 11.3. The van der Waals surface area contributed by atoms with Gasteiger partial charge in [0.05, 0.1) is 0 Å². The molecule has 1 heterocycles. The van der Waals surface area contributed by atoms with Crippen LogP contribution in [0.2, 0.25) is 0 Å². The molecule has 2 N–H and O–H groups in total. The largest absolute Gasteiger partial charge is 0.361 e. The second-order valence-corrected chi connectivity index (χ2v) is 6.48. The molecule has 118 valence electrons. The molecule has 23 heavy (non-hydrogen) atoms. The molecule has 4 rings (SSSR count). The van der Waals surface area contributed by atoms with Crippen LogP contribution in [0.1, 0.15) is 23.5 Å². The van der Waals surface area contributed by atoms with E-state index >= 15 is 0 Å². The lowest BCUT2D eigenvalue weighted by Gasteiger charge is -2.04. The molecule has 0 saturated heterocycles. The van der Waals surface area contributed by atoms with E-state index in [0.717, 1.165) is 30.4 Å². The molecule has 0 bridgehead atoms. The maximum absolute atomic E-state index is 13.5. The zero-order valence-corrected chi connectivity index (χ0v) is 13.1. The maximum Gasteiger partial charge on any atom is 0.123 e. The van der Waals surface area contributed by atoms with Gasteiger partial charge in [-0.1, -0.05) is 30.3 Å². The Balaban J connectivity index is 1.31. The number of rotatable bonds is 6. The van der Waals surface area contributed by atoms with E-state index in [1.807, 2.05) is 6.07 Å². The van der Waals surface area contributed by atoms with Crippen LogP contribution in [0.5, 0.6) is 0 Å². The SMILES string of the molecule is Fc1ccc2[nH]cc(C3CC3CNCCc3ccccc3)c2c1. The van der Waals surface area contributed by atoms with Gasteiger partial charge in [0.2, 0.25) is 0 Å². The minimum atomic E-state index is -0.156. The highest BCUT2D eigenvalue weighted by Gasteiger charge is 2.39. The van der Waals surface area contributed by atoms with Crippen LogP contribution in [0, 0.1) is 11.7 Å². The molecule has 3 heteroatoms. The summed E-state index contributed by atoms with van der Waals surface area (Å²) >= 11 is 0. The van der Waals surface area contributed by atoms with Crippen molar-refractivity contribution in [3.8, 4) is 0 Å². The van der Waals surface area contributed by atoms with Gasteiger partial charge in [-0.25, -0.2) is 4.39 Å². The summed E-state index contributed by atoms with van der Waals surface area (Å²) in [5.74, 6) is 1.08. The van der Waals surface area contributed by atoms with Crippen molar-refractivity contribution >= 4 is 10.9 Å². The predicted octanol–water partition coefficient (Wildman–Crippen LogP) is 4.24. The molecule has 0 spiro atoms. The molecular weight excluding hydrogens is 287 g/mol. The van der Waals surface area contributed by atoms with Gasteiger partial charge in [0.15, 0.2) is 0 Å².